The van der Waals surface area contributed by atoms with Gasteiger partial charge in [-0.1, -0.05) is 29.3 Å². The normalized spacial score (nSPS) is 20.4. The van der Waals surface area contributed by atoms with Crippen LogP contribution in [0.2, 0.25) is 10.0 Å². The van der Waals surface area contributed by atoms with Crippen LogP contribution in [0.5, 0.6) is 0 Å². The largest absolute Gasteiger partial charge is 0.460 e. The van der Waals surface area contributed by atoms with Gasteiger partial charge in [0.15, 0.2) is 0 Å². The molecule has 1 aromatic carbocycles. The highest BCUT2D eigenvalue weighted by Gasteiger charge is 2.47. The number of hydrogen-bond acceptors (Lipinski definition) is 4. The number of hydrogen-bond donors (Lipinski definition) is 1. The number of pyridine rings is 1. The topological polar surface area (TPSA) is 68.3 Å². The van der Waals surface area contributed by atoms with Crippen molar-refractivity contribution in [1.29, 1.82) is 0 Å². The molecule has 0 radical (unpaired) electrons. The number of carbonyl (C=O) groups excluding carboxylic acids is 2. The Kier molecular flexibility index (Phi) is 7.15. The molecule has 172 valence electrons. The van der Waals surface area contributed by atoms with Crippen LogP contribution in [0.25, 0.3) is 0 Å². The third kappa shape index (κ3) is 5.41. The van der Waals surface area contributed by atoms with Crippen LogP contribution < -0.4 is 5.32 Å². The Morgan fingerprint density at radius 3 is 2.69 bits per heavy atom. The molecule has 1 aliphatic carbocycles. The summed E-state index contributed by atoms with van der Waals surface area (Å²) in [6.45, 7) is 7.28. The van der Waals surface area contributed by atoms with Gasteiger partial charge < -0.3 is 10.1 Å². The Hall–Kier alpha value is -2.18. The molecule has 5 nitrogen and oxygen atoms in total. The van der Waals surface area contributed by atoms with Crippen molar-refractivity contribution in [1.82, 2.24) is 10.3 Å². The van der Waals surface area contributed by atoms with E-state index >= 15 is 4.39 Å². The molecule has 32 heavy (non-hydrogen) atoms. The summed E-state index contributed by atoms with van der Waals surface area (Å²) in [5.74, 6) is -1.44. The molecule has 1 heterocycles. The lowest BCUT2D eigenvalue weighted by atomic mass is 9.75. The summed E-state index contributed by atoms with van der Waals surface area (Å²) >= 11 is 12.2. The molecule has 3 rings (SSSR count). The van der Waals surface area contributed by atoms with Gasteiger partial charge in [-0.2, -0.15) is 0 Å². The Labute approximate surface area is 197 Å². The molecule has 1 aromatic heterocycles. The van der Waals surface area contributed by atoms with Crippen molar-refractivity contribution in [2.45, 2.75) is 70.7 Å². The van der Waals surface area contributed by atoms with Gasteiger partial charge in [0.2, 0.25) is 5.67 Å². The van der Waals surface area contributed by atoms with Gasteiger partial charge in [-0.05, 0) is 69.9 Å². The third-order valence-corrected chi connectivity index (χ3v) is 6.05. The zero-order valence-corrected chi connectivity index (χ0v) is 20.1. The molecule has 2 unspecified atom stereocenters. The van der Waals surface area contributed by atoms with Gasteiger partial charge in [0.25, 0.3) is 5.91 Å². The van der Waals surface area contributed by atoms with E-state index < -0.39 is 17.2 Å². The van der Waals surface area contributed by atoms with Gasteiger partial charge in [0.05, 0.1) is 12.1 Å². The lowest BCUT2D eigenvalue weighted by Crippen LogP contribution is -2.44. The van der Waals surface area contributed by atoms with Gasteiger partial charge in [-0.3, -0.25) is 14.6 Å². The van der Waals surface area contributed by atoms with E-state index in [1.807, 2.05) is 6.92 Å². The van der Waals surface area contributed by atoms with Gasteiger partial charge in [0.1, 0.15) is 5.60 Å². The minimum absolute atomic E-state index is 0.0572. The molecule has 0 bridgehead atoms. The SMILES string of the molecule is Cc1cc(Cl)cc(Cl)c1CNC(=O)C1(F)CCC(CC(=O)OC(C)(C)C)c2ncccc21. The van der Waals surface area contributed by atoms with E-state index in [-0.39, 0.29) is 36.8 Å². The van der Waals surface area contributed by atoms with Gasteiger partial charge in [-0.15, -0.1) is 0 Å². The summed E-state index contributed by atoms with van der Waals surface area (Å²) in [7, 11) is 0. The minimum atomic E-state index is -2.25. The van der Waals surface area contributed by atoms with E-state index in [2.05, 4.69) is 10.3 Å². The van der Waals surface area contributed by atoms with Crippen molar-refractivity contribution < 1.29 is 18.7 Å². The second-order valence-corrected chi connectivity index (χ2v) is 9.97. The number of aryl methyl sites for hydroxylation is 1. The third-order valence-electron chi connectivity index (χ3n) is 5.49. The van der Waals surface area contributed by atoms with Crippen LogP contribution in [-0.2, 0) is 26.5 Å². The average molecular weight is 481 g/mol. The number of ether oxygens (including phenoxy) is 1. The van der Waals surface area contributed by atoms with Crippen LogP contribution in [0, 0.1) is 6.92 Å². The fourth-order valence-corrected chi connectivity index (χ4v) is 4.67. The number of rotatable bonds is 5. The highest BCUT2D eigenvalue weighted by molar-refractivity contribution is 6.35. The number of carbonyl (C=O) groups is 2. The van der Waals surface area contributed by atoms with Crippen LogP contribution in [0.1, 0.15) is 68.3 Å². The number of benzene rings is 1. The monoisotopic (exact) mass is 480 g/mol. The van der Waals surface area contributed by atoms with Gasteiger partial charge in [-0.25, -0.2) is 4.39 Å². The number of fused-ring (bicyclic) bond motifs is 1. The molecule has 0 spiro atoms. The minimum Gasteiger partial charge on any atom is -0.460 e. The standard InChI is InChI=1S/C24H27Cl2FN2O3/c1-14-10-16(25)12-19(26)17(14)13-29-22(31)24(27)8-7-15(11-20(30)32-23(2,3)4)21-18(24)6-5-9-28-21/h5-6,9-10,12,15H,7-8,11,13H2,1-4H3,(H,29,31). The number of aromatic nitrogens is 1. The van der Waals surface area contributed by atoms with Crippen LogP contribution in [0.4, 0.5) is 4.39 Å². The second-order valence-electron chi connectivity index (χ2n) is 9.13. The summed E-state index contributed by atoms with van der Waals surface area (Å²) in [5.41, 5.74) is -0.763. The zero-order chi connectivity index (χ0) is 23.7. The first-order valence-corrected chi connectivity index (χ1v) is 11.3. The molecule has 2 aromatic rings. The maximum Gasteiger partial charge on any atom is 0.306 e. The summed E-state index contributed by atoms with van der Waals surface area (Å²) < 4.78 is 21.5. The van der Waals surface area contributed by atoms with E-state index in [1.54, 1.807) is 51.2 Å². The number of halogens is 3. The Morgan fingerprint density at radius 2 is 2.03 bits per heavy atom. The first kappa shape index (κ1) is 24.5. The molecule has 2 atom stereocenters. The molecule has 0 aliphatic heterocycles. The van der Waals surface area contributed by atoms with E-state index in [0.717, 1.165) is 5.56 Å². The smallest absolute Gasteiger partial charge is 0.306 e. The molecule has 1 N–H and O–H groups in total. The Morgan fingerprint density at radius 1 is 1.31 bits per heavy atom. The van der Waals surface area contributed by atoms with E-state index in [9.17, 15) is 9.59 Å². The van der Waals surface area contributed by atoms with E-state index in [0.29, 0.717) is 27.7 Å². The number of alkyl halides is 1. The second kappa shape index (κ2) is 9.36. The predicted molar refractivity (Wildman–Crippen MR) is 123 cm³/mol. The Balaban J connectivity index is 1.79. The van der Waals surface area contributed by atoms with Crippen LogP contribution in [-0.4, -0.2) is 22.5 Å². The van der Waals surface area contributed by atoms with Gasteiger partial charge in [0, 0.05) is 34.3 Å². The predicted octanol–water partition coefficient (Wildman–Crippen LogP) is 5.79. The molecule has 1 aliphatic rings. The fourth-order valence-electron chi connectivity index (χ4n) is 4.01. The molecule has 8 heteroatoms. The zero-order valence-electron chi connectivity index (χ0n) is 18.6. The molecular formula is C24H27Cl2FN2O3. The lowest BCUT2D eigenvalue weighted by Gasteiger charge is -2.34. The van der Waals surface area contributed by atoms with Crippen molar-refractivity contribution in [3.05, 3.63) is 62.9 Å². The average Bonchev–Trinajstić information content (AvgIpc) is 2.68. The molecule has 0 fully saturated rings. The Bertz CT molecular complexity index is 1020. The van der Waals surface area contributed by atoms with Crippen molar-refractivity contribution in [3.63, 3.8) is 0 Å². The van der Waals surface area contributed by atoms with Crippen LogP contribution in [0.3, 0.4) is 0 Å². The molecule has 0 saturated carbocycles. The first-order valence-electron chi connectivity index (χ1n) is 10.5. The van der Waals surface area contributed by atoms with E-state index in [1.165, 1.54) is 0 Å². The number of nitrogens with zero attached hydrogens (tertiary/aromatic N) is 1. The highest BCUT2D eigenvalue weighted by Crippen LogP contribution is 2.44. The summed E-state index contributed by atoms with van der Waals surface area (Å²) in [6, 6.07) is 6.48. The number of nitrogens with one attached hydrogen (secondary N) is 1. The van der Waals surface area contributed by atoms with Crippen molar-refractivity contribution in [3.8, 4) is 0 Å². The van der Waals surface area contributed by atoms with Crippen molar-refractivity contribution >= 4 is 35.1 Å². The number of esters is 1. The maximum atomic E-state index is 16.1. The van der Waals surface area contributed by atoms with Crippen LogP contribution >= 0.6 is 23.2 Å². The summed E-state index contributed by atoms with van der Waals surface area (Å²) in [4.78, 5) is 29.6. The number of amides is 1. The molecular weight excluding hydrogens is 454 g/mol. The lowest BCUT2D eigenvalue weighted by molar-refractivity contribution is -0.155. The summed E-state index contributed by atoms with van der Waals surface area (Å²) in [5, 5.41) is 3.58. The molecule has 1 amide bonds. The summed E-state index contributed by atoms with van der Waals surface area (Å²) in [6.07, 6.45) is 1.87. The first-order chi connectivity index (χ1) is 14.9. The fraction of sp³-hybridized carbons (Fsp3) is 0.458. The van der Waals surface area contributed by atoms with Crippen molar-refractivity contribution in [2.75, 3.05) is 0 Å². The van der Waals surface area contributed by atoms with E-state index in [4.69, 9.17) is 27.9 Å². The quantitative estimate of drug-likeness (QED) is 0.550. The van der Waals surface area contributed by atoms with Crippen LogP contribution in [0.15, 0.2) is 30.5 Å². The van der Waals surface area contributed by atoms with Crippen molar-refractivity contribution in [2.24, 2.45) is 0 Å². The van der Waals surface area contributed by atoms with Gasteiger partial charge >= 0.3 is 5.97 Å². The highest BCUT2D eigenvalue weighted by atomic mass is 35.5. The maximum absolute atomic E-state index is 16.1. The molecule has 0 saturated heterocycles.